The van der Waals surface area contributed by atoms with Gasteiger partial charge in [0.05, 0.1) is 5.02 Å². The lowest BCUT2D eigenvalue weighted by Crippen LogP contribution is -2.02. The lowest BCUT2D eigenvalue weighted by Gasteiger charge is -2.02. The fourth-order valence-corrected chi connectivity index (χ4v) is 1.82. The molecule has 0 aromatic heterocycles. The highest BCUT2D eigenvalue weighted by Gasteiger charge is 2.17. The Kier molecular flexibility index (Phi) is 2.90. The Morgan fingerprint density at radius 3 is 2.54 bits per heavy atom. The van der Waals surface area contributed by atoms with E-state index in [-0.39, 0.29) is 9.92 Å². The number of benzene rings is 1. The molecule has 6 heteroatoms. The second kappa shape index (κ2) is 3.61. The van der Waals surface area contributed by atoms with Gasteiger partial charge in [-0.25, -0.2) is 4.39 Å². The smallest absolute Gasteiger partial charge is 0.257 e. The van der Waals surface area contributed by atoms with Crippen LogP contribution in [0.25, 0.3) is 0 Å². The van der Waals surface area contributed by atoms with E-state index in [1.54, 1.807) is 0 Å². The summed E-state index contributed by atoms with van der Waals surface area (Å²) < 4.78 is 38.2. The van der Waals surface area contributed by atoms with Crippen LogP contribution in [0.15, 0.2) is 23.1 Å². The van der Waals surface area contributed by atoms with Gasteiger partial charge in [0, 0.05) is 0 Å². The maximum absolute atomic E-state index is 12.5. The standard InChI is InChI=1S/C7H4ClFO3S/c1-12-13(10,11)7-3-2-5(9)4-6(7)8/h1-4H. The Hall–Kier alpha value is -0.650. The van der Waals surface area contributed by atoms with Crippen molar-refractivity contribution in [2.75, 3.05) is 0 Å². The van der Waals surface area contributed by atoms with Crippen LogP contribution >= 0.6 is 11.6 Å². The summed E-state index contributed by atoms with van der Waals surface area (Å²) in [7, 11) is 0.438. The summed E-state index contributed by atoms with van der Waals surface area (Å²) in [5.41, 5.74) is 0. The summed E-state index contributed by atoms with van der Waals surface area (Å²) >= 11 is 5.44. The Balaban J connectivity index is 3.33. The molecule has 3 nitrogen and oxygen atoms in total. The van der Waals surface area contributed by atoms with E-state index in [4.69, 9.17) is 11.6 Å². The molecule has 1 rings (SSSR count). The second-order valence-corrected chi connectivity index (χ2v) is 4.07. The number of halogens is 2. The van der Waals surface area contributed by atoms with Crippen molar-refractivity contribution in [2.24, 2.45) is 0 Å². The minimum Gasteiger partial charge on any atom is -0.257 e. The van der Waals surface area contributed by atoms with Crippen molar-refractivity contribution in [2.45, 2.75) is 4.90 Å². The topological polar surface area (TPSA) is 43.4 Å². The van der Waals surface area contributed by atoms with Gasteiger partial charge in [-0.3, -0.25) is 4.18 Å². The van der Waals surface area contributed by atoms with Crippen molar-refractivity contribution >= 4 is 21.7 Å². The Bertz CT molecular complexity index is 416. The molecule has 70 valence electrons. The van der Waals surface area contributed by atoms with Crippen LogP contribution in [0.3, 0.4) is 0 Å². The normalized spacial score (nSPS) is 11.6. The highest BCUT2D eigenvalue weighted by atomic mass is 35.5. The average Bonchev–Trinajstić information content (AvgIpc) is 2.03. The maximum atomic E-state index is 12.5. The van der Waals surface area contributed by atoms with Crippen LogP contribution in [0.5, 0.6) is 0 Å². The molecule has 1 aromatic rings. The summed E-state index contributed by atoms with van der Waals surface area (Å²) in [5.74, 6) is -0.638. The van der Waals surface area contributed by atoms with E-state index < -0.39 is 15.9 Å². The molecule has 0 atom stereocenters. The molecule has 0 unspecified atom stereocenters. The molecule has 0 aliphatic heterocycles. The average molecular weight is 223 g/mol. The van der Waals surface area contributed by atoms with E-state index in [1.807, 2.05) is 0 Å². The molecule has 0 saturated heterocycles. The predicted octanol–water partition coefficient (Wildman–Crippen LogP) is 1.85. The highest BCUT2D eigenvalue weighted by Crippen LogP contribution is 2.23. The van der Waals surface area contributed by atoms with Crippen LogP contribution < -0.4 is 0 Å². The molecule has 1 aromatic carbocycles. The minimum atomic E-state index is -4.07. The van der Waals surface area contributed by atoms with Crippen LogP contribution in [0.4, 0.5) is 4.39 Å². The monoisotopic (exact) mass is 222 g/mol. The first-order chi connectivity index (χ1) is 5.97. The molecule has 13 heavy (non-hydrogen) atoms. The molecule has 0 heterocycles. The Morgan fingerprint density at radius 2 is 2.08 bits per heavy atom. The SMILES string of the molecule is [CH]OS(=O)(=O)c1ccc(F)cc1Cl. The first kappa shape index (κ1) is 10.4. The second-order valence-electron chi connectivity index (χ2n) is 2.13. The van der Waals surface area contributed by atoms with Gasteiger partial charge < -0.3 is 0 Å². The van der Waals surface area contributed by atoms with E-state index in [1.165, 1.54) is 0 Å². The van der Waals surface area contributed by atoms with Gasteiger partial charge in [0.1, 0.15) is 17.8 Å². The molecule has 2 radical (unpaired) electrons. The van der Waals surface area contributed by atoms with Crippen LogP contribution in [0.1, 0.15) is 0 Å². The molecule has 0 spiro atoms. The van der Waals surface area contributed by atoms with Crippen molar-refractivity contribution in [1.82, 2.24) is 0 Å². The molecular formula is C7H4ClFO3S. The summed E-state index contributed by atoms with van der Waals surface area (Å²) in [4.78, 5) is -0.363. The largest absolute Gasteiger partial charge is 0.298 e. The molecule has 0 aliphatic carbocycles. The van der Waals surface area contributed by atoms with Gasteiger partial charge in [0.2, 0.25) is 0 Å². The van der Waals surface area contributed by atoms with E-state index in [0.29, 0.717) is 0 Å². The van der Waals surface area contributed by atoms with Crippen molar-refractivity contribution in [3.05, 3.63) is 36.1 Å². The number of hydrogen-bond donors (Lipinski definition) is 0. The third kappa shape index (κ3) is 2.18. The Morgan fingerprint density at radius 1 is 1.46 bits per heavy atom. The quantitative estimate of drug-likeness (QED) is 0.718. The summed E-state index contributed by atoms with van der Waals surface area (Å²) in [6, 6.07) is 2.77. The maximum Gasteiger partial charge on any atom is 0.298 e. The zero-order valence-corrected chi connectivity index (χ0v) is 7.77. The van der Waals surface area contributed by atoms with Gasteiger partial charge in [0.15, 0.2) is 0 Å². The molecule has 0 N–H and O–H groups in total. The van der Waals surface area contributed by atoms with Gasteiger partial charge >= 0.3 is 0 Å². The fraction of sp³-hybridized carbons (Fsp3) is 0. The van der Waals surface area contributed by atoms with Gasteiger partial charge in [0.25, 0.3) is 10.1 Å². The zero-order valence-electron chi connectivity index (χ0n) is 6.20. The lowest BCUT2D eigenvalue weighted by atomic mass is 10.3. The first-order valence-corrected chi connectivity index (χ1v) is 4.84. The van der Waals surface area contributed by atoms with Gasteiger partial charge in [-0.2, -0.15) is 8.42 Å². The summed E-state index contributed by atoms with van der Waals surface area (Å²) in [6.45, 7) is 0. The van der Waals surface area contributed by atoms with Crippen molar-refractivity contribution in [3.8, 4) is 0 Å². The van der Waals surface area contributed by atoms with Crippen LogP contribution in [0.2, 0.25) is 5.02 Å². The van der Waals surface area contributed by atoms with E-state index in [2.05, 4.69) is 11.3 Å². The predicted molar refractivity (Wildman–Crippen MR) is 44.0 cm³/mol. The molecule has 0 fully saturated rings. The van der Waals surface area contributed by atoms with Crippen LogP contribution in [-0.2, 0) is 14.3 Å². The third-order valence-corrected chi connectivity index (χ3v) is 2.86. The molecule has 0 amide bonds. The first-order valence-electron chi connectivity index (χ1n) is 3.06. The molecule has 0 saturated carbocycles. The number of rotatable bonds is 2. The fourth-order valence-electron chi connectivity index (χ4n) is 0.730. The van der Waals surface area contributed by atoms with Gasteiger partial charge in [-0.05, 0) is 18.2 Å². The minimum absolute atomic E-state index is 0.273. The highest BCUT2D eigenvalue weighted by molar-refractivity contribution is 7.87. The molecular weight excluding hydrogens is 219 g/mol. The Labute approximate surface area is 80.2 Å². The summed E-state index contributed by atoms with van der Waals surface area (Å²) in [5, 5.41) is -0.273. The zero-order chi connectivity index (χ0) is 10.1. The van der Waals surface area contributed by atoms with Crippen molar-refractivity contribution in [1.29, 1.82) is 0 Å². The number of hydrogen-bond acceptors (Lipinski definition) is 3. The van der Waals surface area contributed by atoms with E-state index >= 15 is 0 Å². The molecule has 0 aliphatic rings. The van der Waals surface area contributed by atoms with E-state index in [0.717, 1.165) is 18.2 Å². The van der Waals surface area contributed by atoms with Gasteiger partial charge in [-0.15, -0.1) is 0 Å². The van der Waals surface area contributed by atoms with E-state index in [9.17, 15) is 12.8 Å². The van der Waals surface area contributed by atoms with Crippen LogP contribution in [0, 0.1) is 12.9 Å². The third-order valence-electron chi connectivity index (χ3n) is 1.29. The van der Waals surface area contributed by atoms with Crippen molar-refractivity contribution in [3.63, 3.8) is 0 Å². The van der Waals surface area contributed by atoms with Crippen LogP contribution in [-0.4, -0.2) is 8.42 Å². The summed E-state index contributed by atoms with van der Waals surface area (Å²) in [6.07, 6.45) is 0. The lowest BCUT2D eigenvalue weighted by molar-refractivity contribution is 0.438. The van der Waals surface area contributed by atoms with Crippen molar-refractivity contribution < 1.29 is 17.0 Å². The van der Waals surface area contributed by atoms with Gasteiger partial charge in [-0.1, -0.05) is 11.6 Å². The molecule has 0 bridgehead atoms.